The van der Waals surface area contributed by atoms with Gasteiger partial charge >= 0.3 is 0 Å². The molecule has 0 heterocycles. The summed E-state index contributed by atoms with van der Waals surface area (Å²) in [4.78, 5) is 0. The van der Waals surface area contributed by atoms with Crippen molar-refractivity contribution in [3.05, 3.63) is 29.3 Å². The highest BCUT2D eigenvalue weighted by atomic mass is 16.5. The van der Waals surface area contributed by atoms with Gasteiger partial charge in [0, 0.05) is 6.04 Å². The van der Waals surface area contributed by atoms with Crippen molar-refractivity contribution in [1.29, 1.82) is 0 Å². The van der Waals surface area contributed by atoms with E-state index in [1.165, 1.54) is 49.7 Å². The van der Waals surface area contributed by atoms with E-state index in [0.29, 0.717) is 6.04 Å². The van der Waals surface area contributed by atoms with Crippen molar-refractivity contribution in [2.75, 3.05) is 13.7 Å². The van der Waals surface area contributed by atoms with Crippen LogP contribution in [0.1, 0.15) is 62.6 Å². The molecule has 0 saturated heterocycles. The summed E-state index contributed by atoms with van der Waals surface area (Å²) in [5.41, 5.74) is 2.64. The van der Waals surface area contributed by atoms with Gasteiger partial charge in [0.15, 0.2) is 0 Å². The van der Waals surface area contributed by atoms with Gasteiger partial charge in [0.2, 0.25) is 0 Å². The Bertz CT molecular complexity index is 410. The normalized spacial score (nSPS) is 17.4. The summed E-state index contributed by atoms with van der Waals surface area (Å²) < 4.78 is 5.36. The van der Waals surface area contributed by atoms with Crippen LogP contribution in [0.4, 0.5) is 0 Å². The van der Waals surface area contributed by atoms with E-state index >= 15 is 0 Å². The first-order valence-corrected chi connectivity index (χ1v) is 8.12. The van der Waals surface area contributed by atoms with Gasteiger partial charge in [-0.15, -0.1) is 0 Å². The zero-order chi connectivity index (χ0) is 14.4. The summed E-state index contributed by atoms with van der Waals surface area (Å²) in [6.45, 7) is 5.35. The van der Waals surface area contributed by atoms with E-state index in [4.69, 9.17) is 4.74 Å². The van der Waals surface area contributed by atoms with Crippen molar-refractivity contribution in [2.45, 2.75) is 58.4 Å². The van der Waals surface area contributed by atoms with Gasteiger partial charge in [-0.1, -0.05) is 44.7 Å². The highest BCUT2D eigenvalue weighted by molar-refractivity contribution is 5.37. The third-order valence-electron chi connectivity index (χ3n) is 4.61. The highest BCUT2D eigenvalue weighted by Crippen LogP contribution is 2.32. The minimum atomic E-state index is 0.491. The van der Waals surface area contributed by atoms with Crippen LogP contribution in [-0.4, -0.2) is 13.7 Å². The minimum absolute atomic E-state index is 0.491. The quantitative estimate of drug-likeness (QED) is 0.783. The Morgan fingerprint density at radius 3 is 2.65 bits per heavy atom. The molecule has 1 aromatic rings. The Balaban J connectivity index is 2.00. The fourth-order valence-electron chi connectivity index (χ4n) is 3.45. The second-order valence-corrected chi connectivity index (χ2v) is 6.07. The maximum absolute atomic E-state index is 5.36. The lowest BCUT2D eigenvalue weighted by molar-refractivity contribution is 0.407. The van der Waals surface area contributed by atoms with E-state index in [0.717, 1.165) is 18.2 Å². The van der Waals surface area contributed by atoms with E-state index in [1.54, 1.807) is 7.11 Å². The van der Waals surface area contributed by atoms with Gasteiger partial charge in [-0.05, 0) is 49.4 Å². The number of hydrogen-bond donors (Lipinski definition) is 1. The summed E-state index contributed by atoms with van der Waals surface area (Å²) in [5, 5.41) is 3.65. The number of ether oxygens (including phenoxy) is 1. The van der Waals surface area contributed by atoms with Crippen LogP contribution in [0.25, 0.3) is 0 Å². The summed E-state index contributed by atoms with van der Waals surface area (Å²) in [6.07, 6.45) is 8.39. The number of aryl methyl sites for hydroxylation is 1. The van der Waals surface area contributed by atoms with Crippen LogP contribution in [0.2, 0.25) is 0 Å². The third-order valence-corrected chi connectivity index (χ3v) is 4.61. The standard InChI is InChI=1S/C18H29NO/c1-4-19-17(11-9-15-7-5-6-8-15)16-10-12-18(20-3)14(2)13-16/h10,12-13,15,17,19H,4-9,11H2,1-3H3. The fourth-order valence-corrected chi connectivity index (χ4v) is 3.45. The third kappa shape index (κ3) is 3.99. The zero-order valence-corrected chi connectivity index (χ0v) is 13.2. The van der Waals surface area contributed by atoms with E-state index in [2.05, 4.69) is 37.4 Å². The maximum atomic E-state index is 5.36. The largest absolute Gasteiger partial charge is 0.496 e. The topological polar surface area (TPSA) is 21.3 Å². The molecule has 1 aliphatic rings. The molecule has 0 aliphatic heterocycles. The van der Waals surface area contributed by atoms with Gasteiger partial charge in [-0.25, -0.2) is 0 Å². The maximum Gasteiger partial charge on any atom is 0.121 e. The summed E-state index contributed by atoms with van der Waals surface area (Å²) in [6, 6.07) is 7.09. The lowest BCUT2D eigenvalue weighted by Crippen LogP contribution is -2.21. The van der Waals surface area contributed by atoms with Crippen molar-refractivity contribution in [2.24, 2.45) is 5.92 Å². The van der Waals surface area contributed by atoms with Crippen LogP contribution in [0.3, 0.4) is 0 Å². The number of hydrogen-bond acceptors (Lipinski definition) is 2. The van der Waals surface area contributed by atoms with E-state index in [-0.39, 0.29) is 0 Å². The molecule has 1 fully saturated rings. The molecule has 0 bridgehead atoms. The molecule has 0 amide bonds. The summed E-state index contributed by atoms with van der Waals surface area (Å²) >= 11 is 0. The van der Waals surface area contributed by atoms with Crippen LogP contribution in [-0.2, 0) is 0 Å². The first-order chi connectivity index (χ1) is 9.74. The molecule has 1 atom stereocenters. The molecule has 2 rings (SSSR count). The monoisotopic (exact) mass is 275 g/mol. The van der Waals surface area contributed by atoms with Crippen molar-refractivity contribution >= 4 is 0 Å². The number of methoxy groups -OCH3 is 1. The molecule has 0 radical (unpaired) electrons. The molecule has 112 valence electrons. The zero-order valence-electron chi connectivity index (χ0n) is 13.2. The first-order valence-electron chi connectivity index (χ1n) is 8.12. The smallest absolute Gasteiger partial charge is 0.121 e. The van der Waals surface area contributed by atoms with Crippen LogP contribution in [0.15, 0.2) is 18.2 Å². The van der Waals surface area contributed by atoms with Crippen molar-refractivity contribution in [1.82, 2.24) is 5.32 Å². The SMILES string of the molecule is CCNC(CCC1CCCC1)c1ccc(OC)c(C)c1. The van der Waals surface area contributed by atoms with Gasteiger partial charge in [-0.2, -0.15) is 0 Å². The predicted octanol–water partition coefficient (Wildman–Crippen LogP) is 4.62. The Hall–Kier alpha value is -1.02. The van der Waals surface area contributed by atoms with Crippen LogP contribution >= 0.6 is 0 Å². The molecule has 1 aromatic carbocycles. The molecular weight excluding hydrogens is 246 g/mol. The van der Waals surface area contributed by atoms with E-state index in [1.807, 2.05) is 0 Å². The predicted molar refractivity (Wildman–Crippen MR) is 85.3 cm³/mol. The molecule has 0 aromatic heterocycles. The summed E-state index contributed by atoms with van der Waals surface area (Å²) in [5.74, 6) is 1.95. The Morgan fingerprint density at radius 1 is 1.30 bits per heavy atom. The molecular formula is C18H29NO. The van der Waals surface area contributed by atoms with Crippen LogP contribution < -0.4 is 10.1 Å². The Morgan fingerprint density at radius 2 is 2.05 bits per heavy atom. The number of nitrogens with one attached hydrogen (secondary N) is 1. The molecule has 1 aliphatic carbocycles. The fraction of sp³-hybridized carbons (Fsp3) is 0.667. The average molecular weight is 275 g/mol. The van der Waals surface area contributed by atoms with Gasteiger partial charge in [0.25, 0.3) is 0 Å². The molecule has 0 spiro atoms. The summed E-state index contributed by atoms with van der Waals surface area (Å²) in [7, 11) is 1.74. The van der Waals surface area contributed by atoms with Crippen molar-refractivity contribution < 1.29 is 4.74 Å². The number of benzene rings is 1. The highest BCUT2D eigenvalue weighted by Gasteiger charge is 2.18. The molecule has 1 N–H and O–H groups in total. The van der Waals surface area contributed by atoms with Crippen LogP contribution in [0.5, 0.6) is 5.75 Å². The minimum Gasteiger partial charge on any atom is -0.496 e. The molecule has 20 heavy (non-hydrogen) atoms. The average Bonchev–Trinajstić information content (AvgIpc) is 2.96. The van der Waals surface area contributed by atoms with Crippen LogP contribution in [0, 0.1) is 12.8 Å². The Kier molecular flexibility index (Phi) is 5.90. The Labute approximate surface area is 123 Å². The van der Waals surface area contributed by atoms with Crippen molar-refractivity contribution in [3.63, 3.8) is 0 Å². The van der Waals surface area contributed by atoms with E-state index < -0.39 is 0 Å². The second-order valence-electron chi connectivity index (χ2n) is 6.07. The van der Waals surface area contributed by atoms with Gasteiger partial charge < -0.3 is 10.1 Å². The first kappa shape index (κ1) is 15.4. The number of rotatable bonds is 7. The van der Waals surface area contributed by atoms with Gasteiger partial charge in [0.1, 0.15) is 5.75 Å². The van der Waals surface area contributed by atoms with E-state index in [9.17, 15) is 0 Å². The van der Waals surface area contributed by atoms with Gasteiger partial charge in [-0.3, -0.25) is 0 Å². The lowest BCUT2D eigenvalue weighted by atomic mass is 9.94. The molecule has 2 heteroatoms. The molecule has 1 unspecified atom stereocenters. The van der Waals surface area contributed by atoms with Crippen molar-refractivity contribution in [3.8, 4) is 5.75 Å². The lowest BCUT2D eigenvalue weighted by Gasteiger charge is -2.21. The molecule has 2 nitrogen and oxygen atoms in total. The molecule has 1 saturated carbocycles. The second kappa shape index (κ2) is 7.68. The van der Waals surface area contributed by atoms with Gasteiger partial charge in [0.05, 0.1) is 7.11 Å².